The van der Waals surface area contributed by atoms with E-state index in [4.69, 9.17) is 11.6 Å². The van der Waals surface area contributed by atoms with Crippen molar-refractivity contribution in [3.8, 4) is 0 Å². The molecule has 34 heavy (non-hydrogen) atoms. The molecule has 2 atom stereocenters. The minimum Gasteiger partial charge on any atom is -0.361 e. The summed E-state index contributed by atoms with van der Waals surface area (Å²) in [6, 6.07) is 15.8. The standard InChI is InChI=1S/C26H31ClN4O3/c1-17(2)12-22(30-24(32)14-27)26(34)31-23(25(33)29-15-18-8-4-3-5-9-18)13-19-16-28-21-11-7-6-10-20(19)21/h3-11,16-17,22-23,28H,12-15H2,1-2H3,(H,29,33)(H,30,32)(H,31,34)/t22-,23+/m1/s1. The highest BCUT2D eigenvalue weighted by Gasteiger charge is 2.28. The van der Waals surface area contributed by atoms with Gasteiger partial charge in [0.25, 0.3) is 0 Å². The first-order valence-corrected chi connectivity index (χ1v) is 11.9. The molecule has 0 aliphatic heterocycles. The van der Waals surface area contributed by atoms with Crippen LogP contribution in [0.3, 0.4) is 0 Å². The number of hydrogen-bond donors (Lipinski definition) is 4. The van der Waals surface area contributed by atoms with Crippen LogP contribution in [-0.2, 0) is 27.3 Å². The SMILES string of the molecule is CC(C)C[C@@H](NC(=O)CCl)C(=O)N[C@@H](Cc1c[nH]c2ccccc12)C(=O)NCc1ccccc1. The zero-order valence-electron chi connectivity index (χ0n) is 19.4. The smallest absolute Gasteiger partial charge is 0.243 e. The Bertz CT molecular complexity index is 1110. The van der Waals surface area contributed by atoms with Crippen molar-refractivity contribution >= 4 is 40.2 Å². The van der Waals surface area contributed by atoms with E-state index in [2.05, 4.69) is 20.9 Å². The summed E-state index contributed by atoms with van der Waals surface area (Å²) in [5, 5.41) is 9.45. The number of aromatic amines is 1. The van der Waals surface area contributed by atoms with Crippen molar-refractivity contribution in [2.45, 2.75) is 45.3 Å². The number of carbonyl (C=O) groups is 3. The quantitative estimate of drug-likeness (QED) is 0.315. The predicted molar refractivity (Wildman–Crippen MR) is 134 cm³/mol. The molecule has 3 amide bonds. The highest BCUT2D eigenvalue weighted by molar-refractivity contribution is 6.27. The molecule has 8 heteroatoms. The predicted octanol–water partition coefficient (Wildman–Crippen LogP) is 3.28. The first-order chi connectivity index (χ1) is 16.4. The summed E-state index contributed by atoms with van der Waals surface area (Å²) in [5.41, 5.74) is 2.83. The van der Waals surface area contributed by atoms with Crippen LogP contribution in [0.4, 0.5) is 0 Å². The van der Waals surface area contributed by atoms with Crippen molar-refractivity contribution in [1.82, 2.24) is 20.9 Å². The lowest BCUT2D eigenvalue weighted by atomic mass is 10.0. The van der Waals surface area contributed by atoms with Gasteiger partial charge in [-0.3, -0.25) is 14.4 Å². The molecule has 0 aliphatic rings. The second-order valence-electron chi connectivity index (χ2n) is 8.71. The molecule has 2 aromatic carbocycles. The Hall–Kier alpha value is -3.32. The Morgan fingerprint density at radius 2 is 1.62 bits per heavy atom. The van der Waals surface area contributed by atoms with Gasteiger partial charge in [0.2, 0.25) is 17.7 Å². The minimum absolute atomic E-state index is 0.158. The molecule has 1 heterocycles. The number of H-pyrrole nitrogens is 1. The normalized spacial score (nSPS) is 12.8. The fourth-order valence-electron chi connectivity index (χ4n) is 3.85. The number of halogens is 1. The number of nitrogens with one attached hydrogen (secondary N) is 4. The van der Waals surface area contributed by atoms with E-state index in [1.54, 1.807) is 0 Å². The van der Waals surface area contributed by atoms with Gasteiger partial charge >= 0.3 is 0 Å². The van der Waals surface area contributed by atoms with Crippen LogP contribution in [-0.4, -0.2) is 40.7 Å². The van der Waals surface area contributed by atoms with Crippen LogP contribution in [0.5, 0.6) is 0 Å². The molecule has 0 aliphatic carbocycles. The van der Waals surface area contributed by atoms with Crippen LogP contribution >= 0.6 is 11.6 Å². The zero-order chi connectivity index (χ0) is 24.5. The molecule has 0 saturated carbocycles. The van der Waals surface area contributed by atoms with Crippen molar-refractivity contribution in [2.75, 3.05) is 5.88 Å². The molecular weight excluding hydrogens is 452 g/mol. The molecule has 0 unspecified atom stereocenters. The van der Waals surface area contributed by atoms with Crippen molar-refractivity contribution in [2.24, 2.45) is 5.92 Å². The number of fused-ring (bicyclic) bond motifs is 1. The third-order valence-corrected chi connectivity index (χ3v) is 5.76. The number of rotatable bonds is 11. The first-order valence-electron chi connectivity index (χ1n) is 11.4. The van der Waals surface area contributed by atoms with Gasteiger partial charge in [-0.2, -0.15) is 0 Å². The molecular formula is C26H31ClN4O3. The Morgan fingerprint density at radius 3 is 2.32 bits per heavy atom. The van der Waals surface area contributed by atoms with E-state index >= 15 is 0 Å². The van der Waals surface area contributed by atoms with Gasteiger partial charge in [0.1, 0.15) is 18.0 Å². The Morgan fingerprint density at radius 1 is 0.912 bits per heavy atom. The number of alkyl halides is 1. The number of benzene rings is 2. The Balaban J connectivity index is 1.79. The fraction of sp³-hybridized carbons (Fsp3) is 0.346. The first kappa shape index (κ1) is 25.3. The maximum atomic E-state index is 13.2. The van der Waals surface area contributed by atoms with E-state index in [1.165, 1.54) is 0 Å². The number of amides is 3. The molecule has 7 nitrogen and oxygen atoms in total. The third kappa shape index (κ3) is 7.09. The number of para-hydroxylation sites is 1. The van der Waals surface area contributed by atoms with Crippen LogP contribution in [0.25, 0.3) is 10.9 Å². The average molecular weight is 483 g/mol. The van der Waals surface area contributed by atoms with Crippen LogP contribution in [0.2, 0.25) is 0 Å². The molecule has 1 aromatic heterocycles. The van der Waals surface area contributed by atoms with E-state index in [0.29, 0.717) is 19.4 Å². The van der Waals surface area contributed by atoms with Crippen molar-refractivity contribution in [3.63, 3.8) is 0 Å². The van der Waals surface area contributed by atoms with Crippen molar-refractivity contribution in [3.05, 3.63) is 71.9 Å². The highest BCUT2D eigenvalue weighted by atomic mass is 35.5. The molecule has 3 rings (SSSR count). The molecule has 0 bridgehead atoms. The van der Waals surface area contributed by atoms with E-state index in [-0.39, 0.29) is 17.7 Å². The van der Waals surface area contributed by atoms with Crippen LogP contribution in [0, 0.1) is 5.92 Å². The van der Waals surface area contributed by atoms with Gasteiger partial charge in [-0.25, -0.2) is 0 Å². The van der Waals surface area contributed by atoms with Gasteiger partial charge in [-0.05, 0) is 29.5 Å². The largest absolute Gasteiger partial charge is 0.361 e. The van der Waals surface area contributed by atoms with Crippen LogP contribution in [0.15, 0.2) is 60.8 Å². The minimum atomic E-state index is -0.821. The number of hydrogen-bond acceptors (Lipinski definition) is 3. The Kier molecular flexibility index (Phi) is 9.10. The molecule has 4 N–H and O–H groups in total. The molecule has 180 valence electrons. The summed E-state index contributed by atoms with van der Waals surface area (Å²) in [6.45, 7) is 4.27. The fourth-order valence-corrected chi connectivity index (χ4v) is 3.92. The molecule has 0 radical (unpaired) electrons. The van der Waals surface area contributed by atoms with Crippen molar-refractivity contribution in [1.29, 1.82) is 0 Å². The lowest BCUT2D eigenvalue weighted by Gasteiger charge is -2.24. The maximum Gasteiger partial charge on any atom is 0.243 e. The maximum absolute atomic E-state index is 13.2. The monoisotopic (exact) mass is 482 g/mol. The summed E-state index contributed by atoms with van der Waals surface area (Å²) in [5.74, 6) is -1.21. The van der Waals surface area contributed by atoms with Crippen LogP contribution < -0.4 is 16.0 Å². The van der Waals surface area contributed by atoms with E-state index < -0.39 is 23.9 Å². The van der Waals surface area contributed by atoms with E-state index in [1.807, 2.05) is 74.6 Å². The van der Waals surface area contributed by atoms with E-state index in [0.717, 1.165) is 22.0 Å². The topological polar surface area (TPSA) is 103 Å². The van der Waals surface area contributed by atoms with Gasteiger partial charge < -0.3 is 20.9 Å². The molecule has 0 saturated heterocycles. The second kappa shape index (κ2) is 12.2. The average Bonchev–Trinajstić information content (AvgIpc) is 3.24. The Labute approximate surface area is 204 Å². The number of carbonyl (C=O) groups excluding carboxylic acids is 3. The highest BCUT2D eigenvalue weighted by Crippen LogP contribution is 2.19. The summed E-state index contributed by atoms with van der Waals surface area (Å²) < 4.78 is 0. The van der Waals surface area contributed by atoms with Crippen LogP contribution in [0.1, 0.15) is 31.4 Å². The lowest BCUT2D eigenvalue weighted by molar-refractivity contribution is -0.132. The van der Waals surface area contributed by atoms with Crippen molar-refractivity contribution < 1.29 is 14.4 Å². The summed E-state index contributed by atoms with van der Waals surface area (Å²) >= 11 is 5.63. The number of aromatic nitrogens is 1. The lowest BCUT2D eigenvalue weighted by Crippen LogP contribution is -2.54. The van der Waals surface area contributed by atoms with Gasteiger partial charge in [-0.1, -0.05) is 62.4 Å². The summed E-state index contributed by atoms with van der Waals surface area (Å²) in [7, 11) is 0. The zero-order valence-corrected chi connectivity index (χ0v) is 20.2. The van der Waals surface area contributed by atoms with Gasteiger partial charge in [0, 0.05) is 30.1 Å². The molecule has 0 fully saturated rings. The molecule has 3 aromatic rings. The van der Waals surface area contributed by atoms with Gasteiger partial charge in [0.05, 0.1) is 0 Å². The van der Waals surface area contributed by atoms with E-state index in [9.17, 15) is 14.4 Å². The second-order valence-corrected chi connectivity index (χ2v) is 8.98. The van der Waals surface area contributed by atoms with Gasteiger partial charge in [-0.15, -0.1) is 11.6 Å². The summed E-state index contributed by atoms with van der Waals surface area (Å²) in [6.07, 6.45) is 2.59. The van der Waals surface area contributed by atoms with Gasteiger partial charge in [0.15, 0.2) is 0 Å². The summed E-state index contributed by atoms with van der Waals surface area (Å²) in [4.78, 5) is 41.4. The third-order valence-electron chi connectivity index (χ3n) is 5.52. The molecule has 0 spiro atoms.